The van der Waals surface area contributed by atoms with E-state index in [0.717, 1.165) is 16.7 Å². The Morgan fingerprint density at radius 2 is 0.980 bits per heavy atom. The van der Waals surface area contributed by atoms with Gasteiger partial charge in [0.25, 0.3) is 0 Å². The Hall–Kier alpha value is -4.17. The first kappa shape index (κ1) is 46.8. The maximum atomic E-state index is 11.6. The molecule has 0 bridgehead atoms. The summed E-state index contributed by atoms with van der Waals surface area (Å²) in [7, 11) is 0. The quantitative estimate of drug-likeness (QED) is 0.0562. The molecule has 284 valence electrons. The van der Waals surface area contributed by atoms with Gasteiger partial charge in [0.05, 0.1) is 13.2 Å². The van der Waals surface area contributed by atoms with Gasteiger partial charge in [-0.15, -0.1) is 0 Å². The summed E-state index contributed by atoms with van der Waals surface area (Å²) in [6, 6.07) is 29.2. The van der Waals surface area contributed by atoms with E-state index in [2.05, 4.69) is 38.0 Å². The molecule has 0 aromatic heterocycles. The number of carbonyl (C=O) groups is 3. The largest absolute Gasteiger partial charge is 0.481 e. The molecule has 2 unspecified atom stereocenters. The van der Waals surface area contributed by atoms with Gasteiger partial charge >= 0.3 is 5.97 Å². The van der Waals surface area contributed by atoms with Crippen molar-refractivity contribution < 1.29 is 43.8 Å². The number of carboxylic acid groups (broad SMARTS) is 1. The molecular formula is C39H59N3O9. The van der Waals surface area contributed by atoms with Crippen LogP contribution in [-0.4, -0.2) is 53.9 Å². The third kappa shape index (κ3) is 30.4. The predicted molar refractivity (Wildman–Crippen MR) is 197 cm³/mol. The molecule has 0 radical (unpaired) electrons. The molecule has 2 atom stereocenters. The van der Waals surface area contributed by atoms with Crippen LogP contribution in [0.3, 0.4) is 0 Å². The molecule has 0 heterocycles. The second-order valence-electron chi connectivity index (χ2n) is 12.3. The van der Waals surface area contributed by atoms with Crippen LogP contribution in [-0.2, 0) is 52.8 Å². The maximum absolute atomic E-state index is 11.6. The van der Waals surface area contributed by atoms with Gasteiger partial charge in [0.1, 0.15) is 0 Å². The van der Waals surface area contributed by atoms with Gasteiger partial charge in [-0.25, -0.2) is 21.7 Å². The van der Waals surface area contributed by atoms with E-state index < -0.39 is 12.3 Å². The zero-order chi connectivity index (χ0) is 38.3. The monoisotopic (exact) mass is 713 g/mol. The van der Waals surface area contributed by atoms with Crippen LogP contribution in [0.5, 0.6) is 0 Å². The molecule has 3 aromatic rings. The molecule has 2 amide bonds. The Kier molecular flexibility index (Phi) is 28.1. The zero-order valence-corrected chi connectivity index (χ0v) is 31.0. The third-order valence-corrected chi connectivity index (χ3v) is 6.42. The number of carboxylic acids is 1. The molecule has 0 aliphatic carbocycles. The van der Waals surface area contributed by atoms with Crippen molar-refractivity contribution >= 4 is 17.8 Å². The predicted octanol–water partition coefficient (Wildman–Crippen LogP) is 6.41. The van der Waals surface area contributed by atoms with Crippen LogP contribution in [0.15, 0.2) is 91.0 Å². The Morgan fingerprint density at radius 1 is 0.608 bits per heavy atom. The Morgan fingerprint density at radius 3 is 1.33 bits per heavy atom. The number of nitrogens with two attached hydrogens (primary N) is 1. The first-order valence-electron chi connectivity index (χ1n) is 17.2. The number of aliphatic carboxylic acids is 1. The Labute approximate surface area is 303 Å². The van der Waals surface area contributed by atoms with Gasteiger partial charge in [0.15, 0.2) is 12.6 Å². The fourth-order valence-electron chi connectivity index (χ4n) is 3.69. The first-order chi connectivity index (χ1) is 24.4. The molecule has 3 aromatic carbocycles. The lowest BCUT2D eigenvalue weighted by Crippen LogP contribution is -2.30. The highest BCUT2D eigenvalue weighted by Gasteiger charge is 2.07. The lowest BCUT2D eigenvalue weighted by Gasteiger charge is -2.15. The number of rotatable bonds is 18. The van der Waals surface area contributed by atoms with Gasteiger partial charge in [0, 0.05) is 19.3 Å². The summed E-state index contributed by atoms with van der Waals surface area (Å²) in [5, 5.41) is 16.6. The van der Waals surface area contributed by atoms with Gasteiger partial charge in [0.2, 0.25) is 11.8 Å². The number of amides is 2. The van der Waals surface area contributed by atoms with E-state index in [0.29, 0.717) is 57.2 Å². The molecule has 3 rings (SSSR count). The molecule has 0 saturated carbocycles. The highest BCUT2D eigenvalue weighted by atomic mass is 16.8. The Bertz CT molecular complexity index is 1280. The normalized spacial score (nSPS) is 11.4. The number of carbonyl (C=O) groups excluding carboxylic acids is 2. The van der Waals surface area contributed by atoms with Crippen molar-refractivity contribution in [2.24, 2.45) is 17.7 Å². The van der Waals surface area contributed by atoms with E-state index in [1.165, 1.54) is 0 Å². The second-order valence-corrected chi connectivity index (χ2v) is 12.3. The smallest absolute Gasteiger partial charge is 0.303 e. The van der Waals surface area contributed by atoms with Gasteiger partial charge < -0.3 is 14.6 Å². The van der Waals surface area contributed by atoms with Gasteiger partial charge in [-0.2, -0.15) is 0 Å². The van der Waals surface area contributed by atoms with Gasteiger partial charge in [-0.1, -0.05) is 119 Å². The summed E-state index contributed by atoms with van der Waals surface area (Å²) in [4.78, 5) is 41.9. The van der Waals surface area contributed by atoms with Crippen LogP contribution in [0.4, 0.5) is 0 Å². The molecule has 0 fully saturated rings. The highest BCUT2D eigenvalue weighted by Crippen LogP contribution is 2.04. The van der Waals surface area contributed by atoms with E-state index >= 15 is 0 Å². The summed E-state index contributed by atoms with van der Waals surface area (Å²) in [6.45, 7) is 13.1. The summed E-state index contributed by atoms with van der Waals surface area (Å²) in [6.07, 6.45) is 2.21. The molecule has 0 saturated heterocycles. The van der Waals surface area contributed by atoms with E-state index in [-0.39, 0.29) is 24.5 Å². The molecule has 12 nitrogen and oxygen atoms in total. The van der Waals surface area contributed by atoms with Crippen molar-refractivity contribution in [2.45, 2.75) is 92.6 Å². The molecular weight excluding hydrogens is 654 g/mol. The van der Waals surface area contributed by atoms with Crippen LogP contribution >= 0.6 is 0 Å². The summed E-state index contributed by atoms with van der Waals surface area (Å²) in [5.74, 6) is 4.58. The topological polar surface area (TPSA) is 179 Å². The van der Waals surface area contributed by atoms with Crippen LogP contribution in [0.1, 0.15) is 77.5 Å². The van der Waals surface area contributed by atoms with E-state index in [1.54, 1.807) is 19.3 Å². The number of ether oxygens (including phenoxy) is 2. The zero-order valence-electron chi connectivity index (χ0n) is 31.0. The third-order valence-electron chi connectivity index (χ3n) is 6.42. The number of nitrogens with one attached hydrogen (secondary N) is 2. The molecule has 0 aliphatic rings. The van der Waals surface area contributed by atoms with Crippen molar-refractivity contribution in [1.82, 2.24) is 11.0 Å². The van der Waals surface area contributed by atoms with Crippen molar-refractivity contribution in [3.8, 4) is 0 Å². The maximum Gasteiger partial charge on any atom is 0.303 e. The summed E-state index contributed by atoms with van der Waals surface area (Å²) < 4.78 is 10.5. The van der Waals surface area contributed by atoms with Crippen LogP contribution < -0.4 is 16.9 Å². The van der Waals surface area contributed by atoms with Crippen LogP contribution in [0.25, 0.3) is 0 Å². The average Bonchev–Trinajstić information content (AvgIpc) is 3.14. The molecule has 6 N–H and O–H groups in total. The fraction of sp³-hybridized carbons (Fsp3) is 0.462. The number of hydroxylamine groups is 2. The minimum atomic E-state index is -0.742. The minimum absolute atomic E-state index is 0.135. The van der Waals surface area contributed by atoms with Crippen LogP contribution in [0, 0.1) is 11.8 Å². The second kappa shape index (κ2) is 30.6. The van der Waals surface area contributed by atoms with Crippen LogP contribution in [0.2, 0.25) is 0 Å². The number of hydrogen-bond donors (Lipinski definition) is 5. The van der Waals surface area contributed by atoms with Crippen molar-refractivity contribution in [2.75, 3.05) is 13.2 Å². The first-order valence-corrected chi connectivity index (χ1v) is 17.2. The summed E-state index contributed by atoms with van der Waals surface area (Å²) in [5.41, 5.74) is 7.33. The fourth-order valence-corrected chi connectivity index (χ4v) is 3.69. The molecule has 0 aliphatic heterocycles. The average molecular weight is 714 g/mol. The van der Waals surface area contributed by atoms with E-state index in [1.807, 2.05) is 91.0 Å². The number of benzene rings is 3. The molecule has 51 heavy (non-hydrogen) atoms. The minimum Gasteiger partial charge on any atom is -0.481 e. The lowest BCUT2D eigenvalue weighted by atomic mass is 10.1. The highest BCUT2D eigenvalue weighted by molar-refractivity contribution is 5.75. The molecule has 12 heteroatoms. The lowest BCUT2D eigenvalue weighted by molar-refractivity contribution is -0.183. The van der Waals surface area contributed by atoms with Gasteiger partial charge in [-0.3, -0.25) is 24.4 Å². The standard InChI is InChI=1S/C15H23NO3.C9H11NO2.C9H10O2.C6H15NO2/c1-12(2)11-18-13(3)19-16-15(17)10-9-14-7-5-4-6-8-14;11-9(10-12)7-6-8-4-2-1-3-5-8;10-9(11)7-6-8-4-2-1-3-5-8;1-5(2)4-8-6(3)9-7/h4-8,12-13H,9-11H2,1-3H3,(H,16,17);1-5,12H,6-7H2,(H,10,11);1-5H,6-7H2,(H,10,11);5-6H,4,7H2,1-3H3. The number of hydrogen-bond acceptors (Lipinski definition) is 9. The molecule has 0 spiro atoms. The Balaban J connectivity index is 0.000000683. The number of aryl methyl sites for hydroxylation is 3. The SMILES string of the molecule is CC(C)COC(C)ON.CC(C)COC(C)ONC(=O)CCc1ccccc1.O=C(CCc1ccccc1)NO.O=C(O)CCc1ccccc1. The van der Waals surface area contributed by atoms with E-state index in [4.69, 9.17) is 30.5 Å². The van der Waals surface area contributed by atoms with Gasteiger partial charge in [-0.05, 0) is 61.6 Å². The van der Waals surface area contributed by atoms with E-state index in [9.17, 15) is 14.4 Å². The van der Waals surface area contributed by atoms with Crippen molar-refractivity contribution in [1.29, 1.82) is 0 Å². The van der Waals surface area contributed by atoms with Crippen molar-refractivity contribution in [3.63, 3.8) is 0 Å². The van der Waals surface area contributed by atoms with Crippen molar-refractivity contribution in [3.05, 3.63) is 108 Å². The summed E-state index contributed by atoms with van der Waals surface area (Å²) >= 11 is 0.